The number of rotatable bonds is 37. The topological polar surface area (TPSA) is 324 Å². The SMILES string of the molecule is CC(C)=C(/C=C\C=C/C(C)C)CNC(=O)CC(=O)CNCCCCC(NC(=O)CN1C(=O)CC(C(C)C)C1=O)C(=O)O.CC(C)=C(/C=C\C=C/C(C)C)NC(=O)CC(=O)CNCCCCC(NC(=O)CN1C(=O)CC(C(C)C)C1=O)C(=O)O. The number of nitrogens with zero attached hydrogens (tertiary/aromatic N) is 2. The van der Waals surface area contributed by atoms with E-state index in [1.165, 1.54) is 0 Å². The Hall–Kier alpha value is -7.20. The molecule has 8 amide bonds. The molecule has 4 unspecified atom stereocenters. The standard InChI is InChI=1S/C31H48N4O7.C30H46N4O7/c1-20(2)11-7-8-12-23(21(3)4)17-33-27(37)15-24(36)18-32-14-10-9-13-26(31(41)42)34-28(38)19-35-29(39)16-25(22(5)6)30(35)40;1-19(2)11-7-8-12-24(21(5)6)32-26(36)15-22(35)17-31-14-10-9-13-25(30(40)41)33-27(37)18-34-28(38)16-23(20(3)4)29(34)39/h7-8,11-12,20,22,25-26,32H,9-10,13-19H2,1-6H3,(H,33,37)(H,34,38)(H,41,42);7-8,11-12,19-20,23,25,31H,9-10,13-18H2,1-6H3,(H,32,36)(H,33,37)(H,40,41)/b2*11-7-,12-8-. The highest BCUT2D eigenvalue weighted by Crippen LogP contribution is 2.27. The van der Waals surface area contributed by atoms with E-state index in [0.29, 0.717) is 62.9 Å². The van der Waals surface area contributed by atoms with Crippen molar-refractivity contribution >= 4 is 70.8 Å². The zero-order valence-corrected chi connectivity index (χ0v) is 50.9. The number of hydrogen-bond acceptors (Lipinski definition) is 14. The van der Waals surface area contributed by atoms with Crippen molar-refractivity contribution < 1.29 is 67.7 Å². The minimum absolute atomic E-state index is 0.00109. The van der Waals surface area contributed by atoms with E-state index in [4.69, 9.17) is 0 Å². The molecule has 8 N–H and O–H groups in total. The number of carbonyl (C=O) groups is 12. The summed E-state index contributed by atoms with van der Waals surface area (Å²) in [6.45, 7) is 23.5. The Morgan fingerprint density at radius 2 is 0.940 bits per heavy atom. The van der Waals surface area contributed by atoms with Crippen LogP contribution in [0.4, 0.5) is 0 Å². The molecule has 0 saturated carbocycles. The second-order valence-corrected chi connectivity index (χ2v) is 22.7. The maximum absolute atomic E-state index is 12.4. The van der Waals surface area contributed by atoms with Gasteiger partial charge in [0.1, 0.15) is 25.2 Å². The number of amides is 8. The molecule has 2 aliphatic heterocycles. The number of allylic oxidation sites excluding steroid dienone is 9. The number of nitrogens with one attached hydrogen (secondary N) is 6. The summed E-state index contributed by atoms with van der Waals surface area (Å²) in [7, 11) is 0. The second kappa shape index (κ2) is 39.3. The number of carboxylic acids is 2. The predicted molar refractivity (Wildman–Crippen MR) is 315 cm³/mol. The lowest BCUT2D eigenvalue weighted by molar-refractivity contribution is -0.146. The smallest absolute Gasteiger partial charge is 0.326 e. The van der Waals surface area contributed by atoms with Crippen LogP contribution in [0, 0.1) is 35.5 Å². The highest BCUT2D eigenvalue weighted by molar-refractivity contribution is 6.07. The largest absolute Gasteiger partial charge is 0.480 e. The van der Waals surface area contributed by atoms with Gasteiger partial charge in [-0.3, -0.25) is 57.7 Å². The molecular formula is C61H94N8O14. The molecule has 0 bridgehead atoms. The third-order valence-corrected chi connectivity index (χ3v) is 13.3. The summed E-state index contributed by atoms with van der Waals surface area (Å²) in [5.41, 5.74) is 3.59. The first-order valence-electron chi connectivity index (χ1n) is 28.7. The minimum Gasteiger partial charge on any atom is -0.480 e. The third-order valence-electron chi connectivity index (χ3n) is 13.3. The Morgan fingerprint density at radius 3 is 1.30 bits per heavy atom. The quantitative estimate of drug-likeness (QED) is 0.0175. The number of Topliss-reactive ketones (excluding diaryl/α,β-unsaturated/α-hetero) is 2. The van der Waals surface area contributed by atoms with Gasteiger partial charge < -0.3 is 42.1 Å². The molecular weight excluding hydrogens is 1070 g/mol. The van der Waals surface area contributed by atoms with Crippen LogP contribution in [0.25, 0.3) is 0 Å². The van der Waals surface area contributed by atoms with E-state index in [0.717, 1.165) is 26.5 Å². The van der Waals surface area contributed by atoms with E-state index in [9.17, 15) is 67.7 Å². The highest BCUT2D eigenvalue weighted by Gasteiger charge is 2.42. The molecule has 0 aromatic carbocycles. The lowest BCUT2D eigenvalue weighted by Gasteiger charge is -2.19. The average Bonchev–Trinajstić information content (AvgIpc) is 4.04. The van der Waals surface area contributed by atoms with Crippen molar-refractivity contribution in [1.82, 2.24) is 41.7 Å². The molecule has 22 heteroatoms. The summed E-state index contributed by atoms with van der Waals surface area (Å²) < 4.78 is 0. The number of ketones is 2. The number of aliphatic carboxylic acids is 2. The van der Waals surface area contributed by atoms with Gasteiger partial charge in [-0.2, -0.15) is 0 Å². The predicted octanol–water partition coefficient (Wildman–Crippen LogP) is 5.01. The van der Waals surface area contributed by atoms with E-state index in [1.54, 1.807) is 6.08 Å². The van der Waals surface area contributed by atoms with E-state index < -0.39 is 90.3 Å². The monoisotopic (exact) mass is 1160 g/mol. The molecule has 22 nitrogen and oxygen atoms in total. The van der Waals surface area contributed by atoms with Gasteiger partial charge in [0, 0.05) is 36.9 Å². The van der Waals surface area contributed by atoms with Crippen LogP contribution in [-0.4, -0.2) is 149 Å². The summed E-state index contributed by atoms with van der Waals surface area (Å²) in [6.07, 6.45) is 17.3. The van der Waals surface area contributed by atoms with Crippen molar-refractivity contribution in [2.75, 3.05) is 45.8 Å². The molecule has 0 radical (unpaired) electrons. The number of carbonyl (C=O) groups excluding carboxylic acids is 10. The Kier molecular flexibility index (Phi) is 35.0. The zero-order valence-electron chi connectivity index (χ0n) is 50.9. The van der Waals surface area contributed by atoms with Crippen molar-refractivity contribution in [2.24, 2.45) is 35.5 Å². The van der Waals surface area contributed by atoms with Crippen LogP contribution in [0.5, 0.6) is 0 Å². The molecule has 2 saturated heterocycles. The number of carboxylic acid groups (broad SMARTS) is 2. The van der Waals surface area contributed by atoms with Gasteiger partial charge in [0.2, 0.25) is 47.3 Å². The summed E-state index contributed by atoms with van der Waals surface area (Å²) in [4.78, 5) is 148. The van der Waals surface area contributed by atoms with E-state index in [2.05, 4.69) is 65.7 Å². The minimum atomic E-state index is -1.21. The lowest BCUT2D eigenvalue weighted by atomic mass is 9.94. The van der Waals surface area contributed by atoms with Crippen LogP contribution >= 0.6 is 0 Å². The first-order chi connectivity index (χ1) is 38.9. The Morgan fingerprint density at radius 1 is 0.530 bits per heavy atom. The van der Waals surface area contributed by atoms with Crippen molar-refractivity contribution in [2.45, 2.75) is 159 Å². The summed E-state index contributed by atoms with van der Waals surface area (Å²) in [5, 5.41) is 35.2. The van der Waals surface area contributed by atoms with Crippen molar-refractivity contribution in [1.29, 1.82) is 0 Å². The van der Waals surface area contributed by atoms with Crippen LogP contribution in [0.2, 0.25) is 0 Å². The molecule has 0 aromatic rings. The molecule has 2 heterocycles. The Bertz CT molecular complexity index is 2460. The van der Waals surface area contributed by atoms with E-state index >= 15 is 0 Å². The van der Waals surface area contributed by atoms with Crippen LogP contribution in [-0.2, 0) is 57.5 Å². The molecule has 2 fully saturated rings. The van der Waals surface area contributed by atoms with Gasteiger partial charge in [-0.15, -0.1) is 0 Å². The van der Waals surface area contributed by atoms with Crippen molar-refractivity contribution in [3.63, 3.8) is 0 Å². The fraction of sp³-hybridized carbons (Fsp3) is 0.607. The van der Waals surface area contributed by atoms with Gasteiger partial charge in [-0.1, -0.05) is 109 Å². The van der Waals surface area contributed by atoms with Gasteiger partial charge in [0.05, 0.1) is 25.9 Å². The Labute approximate surface area is 490 Å². The van der Waals surface area contributed by atoms with Gasteiger partial charge in [0.25, 0.3) is 0 Å². The normalized spacial score (nSPS) is 16.1. The fourth-order valence-electron chi connectivity index (χ4n) is 8.29. The molecule has 2 aliphatic rings. The van der Waals surface area contributed by atoms with Crippen molar-refractivity contribution in [3.8, 4) is 0 Å². The van der Waals surface area contributed by atoms with Crippen molar-refractivity contribution in [3.05, 3.63) is 71.0 Å². The highest BCUT2D eigenvalue weighted by atomic mass is 16.4. The number of imide groups is 2. The number of likely N-dealkylation sites (tertiary alicyclic amines) is 2. The van der Waals surface area contributed by atoms with Crippen LogP contribution in [0.15, 0.2) is 71.0 Å². The summed E-state index contributed by atoms with van der Waals surface area (Å²) >= 11 is 0. The fourth-order valence-corrected chi connectivity index (χ4v) is 8.29. The first kappa shape index (κ1) is 73.8. The molecule has 462 valence electrons. The molecule has 83 heavy (non-hydrogen) atoms. The van der Waals surface area contributed by atoms with Gasteiger partial charge in [-0.25, -0.2) is 9.59 Å². The van der Waals surface area contributed by atoms with Gasteiger partial charge in [-0.05, 0) is 115 Å². The maximum Gasteiger partial charge on any atom is 0.326 e. The lowest BCUT2D eigenvalue weighted by Crippen LogP contribution is -2.47. The van der Waals surface area contributed by atoms with Crippen LogP contribution < -0.4 is 31.9 Å². The zero-order chi connectivity index (χ0) is 62.9. The van der Waals surface area contributed by atoms with E-state index in [1.807, 2.05) is 91.8 Å². The molecule has 0 spiro atoms. The number of hydrogen-bond donors (Lipinski definition) is 8. The molecule has 0 aromatic heterocycles. The second-order valence-electron chi connectivity index (χ2n) is 22.7. The van der Waals surface area contributed by atoms with Gasteiger partial charge in [0.15, 0.2) is 11.6 Å². The molecule has 2 rings (SSSR count). The molecule has 4 atom stereocenters. The van der Waals surface area contributed by atoms with Gasteiger partial charge >= 0.3 is 11.9 Å². The van der Waals surface area contributed by atoms with Crippen LogP contribution in [0.3, 0.4) is 0 Å². The van der Waals surface area contributed by atoms with Crippen LogP contribution in [0.1, 0.15) is 147 Å². The third kappa shape index (κ3) is 30.6. The summed E-state index contributed by atoms with van der Waals surface area (Å²) in [5.74, 6) is -6.95. The molecule has 0 aliphatic carbocycles. The average molecular weight is 1160 g/mol. The maximum atomic E-state index is 12.4. The Balaban J connectivity index is 0.000000830. The summed E-state index contributed by atoms with van der Waals surface area (Å²) in [6, 6.07) is -2.33. The first-order valence-corrected chi connectivity index (χ1v) is 28.7. The van der Waals surface area contributed by atoms with E-state index in [-0.39, 0.29) is 80.9 Å². The number of unbranched alkanes of at least 4 members (excludes halogenated alkanes) is 2.